The summed E-state index contributed by atoms with van der Waals surface area (Å²) in [7, 11) is 0. The molecule has 2 aliphatic heterocycles. The van der Waals surface area contributed by atoms with Crippen LogP contribution in [-0.2, 0) is 11.3 Å². The van der Waals surface area contributed by atoms with Crippen LogP contribution in [0, 0.1) is 23.0 Å². The highest BCUT2D eigenvalue weighted by molar-refractivity contribution is 5.79. The van der Waals surface area contributed by atoms with Gasteiger partial charge >= 0.3 is 0 Å². The van der Waals surface area contributed by atoms with Gasteiger partial charge in [0.05, 0.1) is 0 Å². The maximum atomic E-state index is 13.4. The third kappa shape index (κ3) is 4.18. The van der Waals surface area contributed by atoms with Crippen molar-refractivity contribution in [1.82, 2.24) is 9.80 Å². The lowest BCUT2D eigenvalue weighted by Gasteiger charge is -2.39. The number of carbonyl (C=O) groups is 1. The van der Waals surface area contributed by atoms with Gasteiger partial charge in [-0.05, 0) is 55.0 Å². The highest BCUT2D eigenvalue weighted by Crippen LogP contribution is 2.41. The van der Waals surface area contributed by atoms with Crippen molar-refractivity contribution >= 4 is 5.91 Å². The minimum Gasteiger partial charge on any atom is -0.396 e. The van der Waals surface area contributed by atoms with Crippen molar-refractivity contribution in [3.63, 3.8) is 0 Å². The molecular formula is C19H26F2N2O2. The van der Waals surface area contributed by atoms with E-state index in [0.29, 0.717) is 25.1 Å². The predicted octanol–water partition coefficient (Wildman–Crippen LogP) is 2.41. The molecule has 25 heavy (non-hydrogen) atoms. The first kappa shape index (κ1) is 18.3. The summed E-state index contributed by atoms with van der Waals surface area (Å²) >= 11 is 0. The number of rotatable bonds is 5. The number of hydrogen-bond donors (Lipinski definition) is 1. The number of carbonyl (C=O) groups excluding carboxylic acids is 1. The Morgan fingerprint density at radius 1 is 1.24 bits per heavy atom. The Morgan fingerprint density at radius 3 is 2.60 bits per heavy atom. The molecule has 1 amide bonds. The molecule has 2 aliphatic rings. The Morgan fingerprint density at radius 2 is 1.96 bits per heavy atom. The minimum absolute atomic E-state index is 0.00854. The van der Waals surface area contributed by atoms with Gasteiger partial charge in [-0.3, -0.25) is 4.79 Å². The zero-order chi connectivity index (χ0) is 18.0. The maximum Gasteiger partial charge on any atom is 0.223 e. The number of hydrogen-bond acceptors (Lipinski definition) is 3. The SMILES string of the molecule is C[C@H](CO)CN1CCC2(CC1)CC(=O)N(Cc1ccc(F)c(F)c1)C2. The molecule has 0 aliphatic carbocycles. The fourth-order valence-electron chi connectivity index (χ4n) is 4.03. The first-order chi connectivity index (χ1) is 11.9. The van der Waals surface area contributed by atoms with Gasteiger partial charge in [-0.25, -0.2) is 8.78 Å². The molecule has 0 unspecified atom stereocenters. The summed E-state index contributed by atoms with van der Waals surface area (Å²) in [5.74, 6) is -1.37. The van der Waals surface area contributed by atoms with Crippen molar-refractivity contribution in [2.24, 2.45) is 11.3 Å². The molecule has 2 saturated heterocycles. The van der Waals surface area contributed by atoms with Crippen LogP contribution in [0.5, 0.6) is 0 Å². The lowest BCUT2D eigenvalue weighted by atomic mass is 9.77. The summed E-state index contributed by atoms with van der Waals surface area (Å²) in [6.45, 7) is 6.03. The van der Waals surface area contributed by atoms with Gasteiger partial charge in [0, 0.05) is 32.7 Å². The molecule has 138 valence electrons. The van der Waals surface area contributed by atoms with Gasteiger partial charge in [-0.15, -0.1) is 0 Å². The van der Waals surface area contributed by atoms with Gasteiger partial charge in [0.25, 0.3) is 0 Å². The highest BCUT2D eigenvalue weighted by atomic mass is 19.2. The van der Waals surface area contributed by atoms with Crippen molar-refractivity contribution in [2.45, 2.75) is 32.7 Å². The average molecular weight is 352 g/mol. The normalized spacial score (nSPS) is 21.9. The van der Waals surface area contributed by atoms with E-state index in [1.165, 1.54) is 12.1 Å². The smallest absolute Gasteiger partial charge is 0.223 e. The van der Waals surface area contributed by atoms with Crippen molar-refractivity contribution in [3.05, 3.63) is 35.4 Å². The monoisotopic (exact) mass is 352 g/mol. The molecule has 0 bridgehead atoms. The summed E-state index contributed by atoms with van der Waals surface area (Å²) < 4.78 is 26.4. The quantitative estimate of drug-likeness (QED) is 0.885. The van der Waals surface area contributed by atoms with Crippen LogP contribution in [-0.4, -0.2) is 53.6 Å². The molecule has 1 spiro atoms. The summed E-state index contributed by atoms with van der Waals surface area (Å²) in [5, 5.41) is 9.19. The molecule has 4 nitrogen and oxygen atoms in total. The number of aliphatic hydroxyl groups is 1. The van der Waals surface area contributed by atoms with Crippen LogP contribution >= 0.6 is 0 Å². The molecule has 3 rings (SSSR count). The number of piperidine rings is 1. The summed E-state index contributed by atoms with van der Waals surface area (Å²) in [4.78, 5) is 16.6. The van der Waals surface area contributed by atoms with Crippen LogP contribution < -0.4 is 0 Å². The molecule has 1 aromatic rings. The number of benzene rings is 1. The van der Waals surface area contributed by atoms with Gasteiger partial charge in [0.15, 0.2) is 11.6 Å². The third-order valence-corrected chi connectivity index (χ3v) is 5.56. The Hall–Kier alpha value is -1.53. The third-order valence-electron chi connectivity index (χ3n) is 5.56. The number of likely N-dealkylation sites (tertiary alicyclic amines) is 2. The second-order valence-electron chi connectivity index (χ2n) is 7.76. The van der Waals surface area contributed by atoms with Gasteiger partial charge in [0.2, 0.25) is 5.91 Å². The first-order valence-electron chi connectivity index (χ1n) is 8.96. The molecule has 2 fully saturated rings. The zero-order valence-electron chi connectivity index (χ0n) is 14.7. The van der Waals surface area contributed by atoms with Gasteiger partial charge in [-0.1, -0.05) is 13.0 Å². The standard InChI is InChI=1S/C19H26F2N2O2/c1-14(12-24)10-22-6-4-19(5-7-22)9-18(25)23(13-19)11-15-2-3-16(20)17(21)8-15/h2-3,8,14,24H,4-7,9-13H2,1H3/t14-/m0/s1. The molecule has 0 aromatic heterocycles. The van der Waals surface area contributed by atoms with Crippen LogP contribution in [0.2, 0.25) is 0 Å². The van der Waals surface area contributed by atoms with Crippen molar-refractivity contribution < 1.29 is 18.7 Å². The van der Waals surface area contributed by atoms with E-state index in [0.717, 1.165) is 38.5 Å². The van der Waals surface area contributed by atoms with E-state index in [1.54, 1.807) is 4.90 Å². The number of aliphatic hydroxyl groups excluding tert-OH is 1. The molecule has 6 heteroatoms. The zero-order valence-corrected chi connectivity index (χ0v) is 14.7. The van der Waals surface area contributed by atoms with E-state index in [2.05, 4.69) is 4.90 Å². The topological polar surface area (TPSA) is 43.8 Å². The van der Waals surface area contributed by atoms with E-state index in [-0.39, 0.29) is 23.8 Å². The Bertz CT molecular complexity index is 630. The van der Waals surface area contributed by atoms with E-state index in [4.69, 9.17) is 0 Å². The van der Waals surface area contributed by atoms with E-state index in [9.17, 15) is 18.7 Å². The van der Waals surface area contributed by atoms with Crippen molar-refractivity contribution in [1.29, 1.82) is 0 Å². The fourth-order valence-corrected chi connectivity index (χ4v) is 4.03. The Labute approximate surface area is 147 Å². The lowest BCUT2D eigenvalue weighted by Crippen LogP contribution is -2.43. The van der Waals surface area contributed by atoms with Gasteiger partial charge < -0.3 is 14.9 Å². The van der Waals surface area contributed by atoms with Crippen molar-refractivity contribution in [3.8, 4) is 0 Å². The van der Waals surface area contributed by atoms with E-state index < -0.39 is 11.6 Å². The van der Waals surface area contributed by atoms with Crippen LogP contribution in [0.4, 0.5) is 8.78 Å². The predicted molar refractivity (Wildman–Crippen MR) is 90.7 cm³/mol. The molecule has 2 heterocycles. The minimum atomic E-state index is -0.870. The molecule has 1 aromatic carbocycles. The number of amides is 1. The van der Waals surface area contributed by atoms with Crippen LogP contribution in [0.15, 0.2) is 18.2 Å². The second-order valence-corrected chi connectivity index (χ2v) is 7.76. The summed E-state index contributed by atoms with van der Waals surface area (Å²) in [6, 6.07) is 3.82. The summed E-state index contributed by atoms with van der Waals surface area (Å²) in [6.07, 6.45) is 2.47. The first-order valence-corrected chi connectivity index (χ1v) is 8.96. The Balaban J connectivity index is 1.58. The van der Waals surface area contributed by atoms with Gasteiger partial charge in [-0.2, -0.15) is 0 Å². The van der Waals surface area contributed by atoms with Crippen LogP contribution in [0.1, 0.15) is 31.7 Å². The lowest BCUT2D eigenvalue weighted by molar-refractivity contribution is -0.128. The molecule has 0 saturated carbocycles. The second kappa shape index (κ2) is 7.38. The van der Waals surface area contributed by atoms with E-state index >= 15 is 0 Å². The van der Waals surface area contributed by atoms with Crippen LogP contribution in [0.3, 0.4) is 0 Å². The van der Waals surface area contributed by atoms with E-state index in [1.807, 2.05) is 6.92 Å². The van der Waals surface area contributed by atoms with Gasteiger partial charge in [0.1, 0.15) is 0 Å². The largest absolute Gasteiger partial charge is 0.396 e. The number of nitrogens with zero attached hydrogens (tertiary/aromatic N) is 2. The van der Waals surface area contributed by atoms with Crippen molar-refractivity contribution in [2.75, 3.05) is 32.8 Å². The number of halogens is 2. The summed E-state index contributed by atoms with van der Waals surface area (Å²) in [5.41, 5.74) is 0.632. The van der Waals surface area contributed by atoms with Crippen LogP contribution in [0.25, 0.3) is 0 Å². The fraction of sp³-hybridized carbons (Fsp3) is 0.632. The molecule has 1 atom stereocenters. The highest BCUT2D eigenvalue weighted by Gasteiger charge is 2.44. The Kier molecular flexibility index (Phi) is 5.39. The average Bonchev–Trinajstić information content (AvgIpc) is 2.88. The molecule has 0 radical (unpaired) electrons. The maximum absolute atomic E-state index is 13.4. The molecular weight excluding hydrogens is 326 g/mol. The molecule has 1 N–H and O–H groups in total.